The lowest BCUT2D eigenvalue weighted by atomic mass is 9.90. The molecule has 3 N–H and O–H groups in total. The van der Waals surface area contributed by atoms with Crippen LogP contribution in [0.1, 0.15) is 16.8 Å². The molecule has 1 aromatic carbocycles. The van der Waals surface area contributed by atoms with E-state index < -0.39 is 40.8 Å². The van der Waals surface area contributed by atoms with Crippen molar-refractivity contribution in [3.63, 3.8) is 0 Å². The van der Waals surface area contributed by atoms with Crippen molar-refractivity contribution in [2.45, 2.75) is 12.5 Å². The third-order valence-electron chi connectivity index (χ3n) is 4.85. The molecule has 0 spiro atoms. The van der Waals surface area contributed by atoms with Crippen LogP contribution in [0, 0.1) is 11.8 Å². The van der Waals surface area contributed by atoms with E-state index in [1.807, 2.05) is 0 Å². The summed E-state index contributed by atoms with van der Waals surface area (Å²) in [6, 6.07) is 4.03. The first-order valence-electron chi connectivity index (χ1n) is 9.83. The van der Waals surface area contributed by atoms with Crippen LogP contribution in [0.5, 0.6) is 5.75 Å². The maximum atomic E-state index is 12.8. The molecular formula is C22H26N2O7S. The number of methoxy groups -OCH3 is 1. The van der Waals surface area contributed by atoms with E-state index in [9.17, 15) is 19.5 Å². The molecule has 1 saturated heterocycles. The predicted octanol–water partition coefficient (Wildman–Crippen LogP) is 2.19. The lowest BCUT2D eigenvalue weighted by Crippen LogP contribution is -2.35. The monoisotopic (exact) mass is 462 g/mol. The number of thiocarbonyl (C=S) groups is 1. The third kappa shape index (κ3) is 6.14. The van der Waals surface area contributed by atoms with Crippen LogP contribution < -0.4 is 15.4 Å². The molecule has 0 aliphatic carbocycles. The summed E-state index contributed by atoms with van der Waals surface area (Å²) in [6.07, 6.45) is 3.09. The van der Waals surface area contributed by atoms with E-state index >= 15 is 0 Å². The van der Waals surface area contributed by atoms with Gasteiger partial charge < -0.3 is 30.0 Å². The van der Waals surface area contributed by atoms with Crippen molar-refractivity contribution < 1.29 is 33.7 Å². The number of hydrogen-bond donors (Lipinski definition) is 3. The Morgan fingerprint density at radius 1 is 1.28 bits per heavy atom. The van der Waals surface area contributed by atoms with Crippen molar-refractivity contribution in [2.75, 3.05) is 32.2 Å². The molecule has 1 unspecified atom stereocenters. The van der Waals surface area contributed by atoms with Crippen LogP contribution in [0.4, 0.5) is 5.69 Å². The Morgan fingerprint density at radius 3 is 2.59 bits per heavy atom. The van der Waals surface area contributed by atoms with E-state index in [1.165, 1.54) is 25.3 Å². The van der Waals surface area contributed by atoms with Crippen molar-refractivity contribution >= 4 is 40.8 Å². The van der Waals surface area contributed by atoms with Crippen LogP contribution >= 0.6 is 12.2 Å². The molecule has 1 aliphatic rings. The van der Waals surface area contributed by atoms with Gasteiger partial charge in [-0.3, -0.25) is 9.59 Å². The van der Waals surface area contributed by atoms with Crippen LogP contribution in [0.2, 0.25) is 0 Å². The fraction of sp³-hybridized carbons (Fsp3) is 0.364. The van der Waals surface area contributed by atoms with Crippen molar-refractivity contribution in [2.24, 2.45) is 11.8 Å². The summed E-state index contributed by atoms with van der Waals surface area (Å²) < 4.78 is 15.4. The quantitative estimate of drug-likeness (QED) is 0.258. The summed E-state index contributed by atoms with van der Waals surface area (Å²) in [7, 11) is 1.38. The molecule has 32 heavy (non-hydrogen) atoms. The third-order valence-corrected chi connectivity index (χ3v) is 5.10. The van der Waals surface area contributed by atoms with Crippen molar-refractivity contribution in [1.29, 1.82) is 0 Å². The van der Waals surface area contributed by atoms with Gasteiger partial charge in [0, 0.05) is 6.54 Å². The Morgan fingerprint density at radius 2 is 1.97 bits per heavy atom. The van der Waals surface area contributed by atoms with Crippen molar-refractivity contribution in [1.82, 2.24) is 5.32 Å². The van der Waals surface area contributed by atoms with Crippen LogP contribution in [-0.2, 0) is 19.1 Å². The molecule has 0 bridgehead atoms. The van der Waals surface area contributed by atoms with Crippen molar-refractivity contribution in [3.8, 4) is 5.75 Å². The Kier molecular flexibility index (Phi) is 9.36. The molecule has 1 heterocycles. The number of aliphatic hydroxyl groups excluding tert-OH is 1. The minimum absolute atomic E-state index is 0.00657. The maximum absolute atomic E-state index is 12.8. The minimum Gasteiger partial charge on any atom is -0.501 e. The van der Waals surface area contributed by atoms with E-state index in [-0.39, 0.29) is 43.2 Å². The van der Waals surface area contributed by atoms with Crippen LogP contribution in [0.25, 0.3) is 0 Å². The van der Waals surface area contributed by atoms with Gasteiger partial charge in [0.25, 0.3) is 0 Å². The molecule has 3 atom stereocenters. The molecule has 0 aromatic heterocycles. The second-order valence-electron chi connectivity index (χ2n) is 6.95. The normalized spacial score (nSPS) is 18.2. The van der Waals surface area contributed by atoms with Gasteiger partial charge in [-0.25, -0.2) is 4.79 Å². The summed E-state index contributed by atoms with van der Waals surface area (Å²) in [4.78, 5) is 37.3. The Bertz CT molecular complexity index is 902. The highest BCUT2D eigenvalue weighted by Crippen LogP contribution is 2.31. The number of nitrogens with one attached hydrogen (secondary N) is 2. The lowest BCUT2D eigenvalue weighted by Gasteiger charge is -2.19. The van der Waals surface area contributed by atoms with Crippen molar-refractivity contribution in [3.05, 3.63) is 49.1 Å². The Labute approximate surface area is 191 Å². The number of amides is 1. The number of anilines is 1. The zero-order valence-corrected chi connectivity index (χ0v) is 18.5. The van der Waals surface area contributed by atoms with E-state index in [0.717, 1.165) is 0 Å². The topological polar surface area (TPSA) is 123 Å². The highest BCUT2D eigenvalue weighted by atomic mass is 32.1. The van der Waals surface area contributed by atoms with Crippen LogP contribution in [0.3, 0.4) is 0 Å². The summed E-state index contributed by atoms with van der Waals surface area (Å²) in [5.41, 5.74) is 0.440. The molecule has 1 aliphatic heterocycles. The SMILES string of the molecule is C=CCOC(=O)c1cccc(NC(=O)C2C[C@@H]([C@@H](C(=O)OCC=C)C(O)=S)CN2)c1OC. The molecule has 10 heteroatoms. The smallest absolute Gasteiger partial charge is 0.342 e. The number of esters is 2. The van der Waals surface area contributed by atoms with Crippen LogP contribution in [0.15, 0.2) is 43.5 Å². The Hall–Kier alpha value is -3.24. The van der Waals surface area contributed by atoms with Gasteiger partial charge in [0.05, 0.1) is 18.8 Å². The van der Waals surface area contributed by atoms with Gasteiger partial charge in [-0.2, -0.15) is 0 Å². The first-order chi connectivity index (χ1) is 15.3. The van der Waals surface area contributed by atoms with Crippen LogP contribution in [-0.4, -0.2) is 60.9 Å². The largest absolute Gasteiger partial charge is 0.501 e. The summed E-state index contributed by atoms with van der Waals surface area (Å²) >= 11 is 4.83. The number of carbonyl (C=O) groups excluding carboxylic acids is 3. The molecule has 1 aromatic rings. The molecule has 2 rings (SSSR count). The van der Waals surface area contributed by atoms with Gasteiger partial charge in [-0.05, 0) is 36.7 Å². The number of para-hydroxylation sites is 1. The van der Waals surface area contributed by atoms with Gasteiger partial charge in [-0.1, -0.05) is 31.4 Å². The van der Waals surface area contributed by atoms with E-state index in [4.69, 9.17) is 26.4 Å². The summed E-state index contributed by atoms with van der Waals surface area (Å²) in [6.45, 7) is 7.27. The van der Waals surface area contributed by atoms with E-state index in [1.54, 1.807) is 12.1 Å². The summed E-state index contributed by atoms with van der Waals surface area (Å²) in [5, 5.41) is 15.1. The average Bonchev–Trinajstić information content (AvgIpc) is 3.25. The summed E-state index contributed by atoms with van der Waals surface area (Å²) in [5.74, 6) is -2.99. The predicted molar refractivity (Wildman–Crippen MR) is 122 cm³/mol. The zero-order valence-electron chi connectivity index (χ0n) is 17.7. The van der Waals surface area contributed by atoms with E-state index in [0.29, 0.717) is 0 Å². The fourth-order valence-electron chi connectivity index (χ4n) is 3.39. The molecule has 172 valence electrons. The molecule has 1 fully saturated rings. The van der Waals surface area contributed by atoms with E-state index in [2.05, 4.69) is 23.8 Å². The standard InChI is InChI=1S/C22H26N2O7S/c1-4-9-30-20(26)14-7-6-8-15(18(14)29-3)24-19(25)16-11-13(12-23-16)17(22(28)32)21(27)31-10-5-2/h4-8,13,16-17,23H,1-2,9-12H2,3H3,(H,24,25)(H,28,32)/t13-,16?,17+/m1/s1. The fourth-order valence-corrected chi connectivity index (χ4v) is 3.68. The van der Waals surface area contributed by atoms with Gasteiger partial charge >= 0.3 is 11.9 Å². The number of carbonyl (C=O) groups is 3. The molecule has 0 saturated carbocycles. The average molecular weight is 463 g/mol. The van der Waals surface area contributed by atoms with Gasteiger partial charge in [-0.15, -0.1) is 0 Å². The number of benzene rings is 1. The second-order valence-corrected chi connectivity index (χ2v) is 7.37. The number of hydrogen-bond acceptors (Lipinski definition) is 8. The second kappa shape index (κ2) is 12.0. The minimum atomic E-state index is -1.03. The number of rotatable bonds is 11. The number of ether oxygens (including phenoxy) is 3. The van der Waals surface area contributed by atoms with Gasteiger partial charge in [0.2, 0.25) is 5.91 Å². The first-order valence-corrected chi connectivity index (χ1v) is 10.2. The molecule has 1 amide bonds. The molecule has 0 radical (unpaired) electrons. The first kappa shape index (κ1) is 25.0. The number of aliphatic hydroxyl groups is 1. The van der Waals surface area contributed by atoms with Gasteiger partial charge in [0.1, 0.15) is 24.7 Å². The molecule has 9 nitrogen and oxygen atoms in total. The Balaban J connectivity index is 2.11. The van der Waals surface area contributed by atoms with Gasteiger partial charge in [0.15, 0.2) is 10.8 Å². The lowest BCUT2D eigenvalue weighted by molar-refractivity contribution is -0.146. The molecular weight excluding hydrogens is 436 g/mol. The highest BCUT2D eigenvalue weighted by molar-refractivity contribution is 7.80. The highest BCUT2D eigenvalue weighted by Gasteiger charge is 2.40. The zero-order chi connectivity index (χ0) is 23.7. The maximum Gasteiger partial charge on any atom is 0.342 e.